The van der Waals surface area contributed by atoms with E-state index >= 15 is 0 Å². The number of carbonyl (C=O) groups excluding carboxylic acids is 3. The number of ketones is 2. The zero-order chi connectivity index (χ0) is 28.7. The highest BCUT2D eigenvalue weighted by molar-refractivity contribution is 6.12. The van der Waals surface area contributed by atoms with Gasteiger partial charge in [0, 0.05) is 38.3 Å². The van der Waals surface area contributed by atoms with Gasteiger partial charge in [-0.25, -0.2) is 14.8 Å². The van der Waals surface area contributed by atoms with Crippen LogP contribution in [0.4, 0.5) is 10.7 Å². The van der Waals surface area contributed by atoms with Crippen molar-refractivity contribution in [2.75, 3.05) is 37.7 Å². The van der Waals surface area contributed by atoms with Crippen molar-refractivity contribution in [2.45, 2.75) is 97.0 Å². The standard InChI is InChI=1S/C30H44N4O6/c1-20-17-22(25(36)29(18-20)10-6-7-11-30(29)38-15-16-39-30)24(35)23-9-12-31-26(32-23)34-14-8-13-33(19-21(34)2)27(37)40-28(3,4)5/h9,12,20-22H,6-8,10-11,13-19H2,1-5H3/t20?,21-,22-,29?/m0/s1. The molecule has 2 unspecified atom stereocenters. The molecule has 2 saturated carbocycles. The van der Waals surface area contributed by atoms with Crippen LogP contribution in [0.5, 0.6) is 0 Å². The molecule has 2 aliphatic carbocycles. The molecule has 10 nitrogen and oxygen atoms in total. The number of carbonyl (C=O) groups is 3. The van der Waals surface area contributed by atoms with Crippen LogP contribution in [-0.4, -0.2) is 82.8 Å². The van der Waals surface area contributed by atoms with Crippen molar-refractivity contribution < 1.29 is 28.6 Å². The first-order chi connectivity index (χ1) is 18.9. The quantitative estimate of drug-likeness (QED) is 0.395. The Balaban J connectivity index is 1.36. The minimum absolute atomic E-state index is 0.0477. The smallest absolute Gasteiger partial charge is 0.410 e. The van der Waals surface area contributed by atoms with Crippen molar-refractivity contribution in [3.8, 4) is 0 Å². The summed E-state index contributed by atoms with van der Waals surface area (Å²) in [5.41, 5.74) is -1.10. The number of rotatable bonds is 3. The van der Waals surface area contributed by atoms with Crippen LogP contribution in [0.25, 0.3) is 0 Å². The van der Waals surface area contributed by atoms with E-state index in [-0.39, 0.29) is 35.3 Å². The molecule has 3 heterocycles. The van der Waals surface area contributed by atoms with Crippen molar-refractivity contribution >= 4 is 23.6 Å². The number of hydrogen-bond acceptors (Lipinski definition) is 9. The summed E-state index contributed by atoms with van der Waals surface area (Å²) in [7, 11) is 0. The number of Topliss-reactive ketones (excluding diaryl/α,β-unsaturated/α-hetero) is 2. The highest BCUT2D eigenvalue weighted by Crippen LogP contribution is 2.57. The second-order valence-electron chi connectivity index (χ2n) is 13.1. The molecule has 2 spiro atoms. The average molecular weight is 557 g/mol. The zero-order valence-electron chi connectivity index (χ0n) is 24.6. The molecule has 5 rings (SSSR count). The molecule has 0 aromatic carbocycles. The van der Waals surface area contributed by atoms with Gasteiger partial charge in [0.15, 0.2) is 17.4 Å². The molecule has 40 heavy (non-hydrogen) atoms. The number of nitrogens with zero attached hydrogens (tertiary/aromatic N) is 4. The van der Waals surface area contributed by atoms with E-state index in [2.05, 4.69) is 11.9 Å². The zero-order valence-corrected chi connectivity index (χ0v) is 24.6. The highest BCUT2D eigenvalue weighted by atomic mass is 16.7. The molecule has 220 valence electrons. The Bertz CT molecular complexity index is 1130. The van der Waals surface area contributed by atoms with Gasteiger partial charge in [-0.3, -0.25) is 9.59 Å². The number of aromatic nitrogens is 2. The van der Waals surface area contributed by atoms with E-state index in [1.54, 1.807) is 17.2 Å². The van der Waals surface area contributed by atoms with Gasteiger partial charge in [0.25, 0.3) is 0 Å². The second kappa shape index (κ2) is 11.0. The molecule has 2 saturated heterocycles. The topological polar surface area (TPSA) is 111 Å². The lowest BCUT2D eigenvalue weighted by Crippen LogP contribution is -2.61. The van der Waals surface area contributed by atoms with Crippen LogP contribution >= 0.6 is 0 Å². The molecule has 2 aliphatic heterocycles. The van der Waals surface area contributed by atoms with Crippen molar-refractivity contribution in [1.82, 2.24) is 14.9 Å². The van der Waals surface area contributed by atoms with Gasteiger partial charge in [-0.15, -0.1) is 0 Å². The summed E-state index contributed by atoms with van der Waals surface area (Å²) in [6, 6.07) is 1.53. The Kier molecular flexibility index (Phi) is 7.96. The van der Waals surface area contributed by atoms with Crippen molar-refractivity contribution in [2.24, 2.45) is 17.3 Å². The normalized spacial score (nSPS) is 30.9. The van der Waals surface area contributed by atoms with Crippen LogP contribution in [0.3, 0.4) is 0 Å². The predicted molar refractivity (Wildman–Crippen MR) is 148 cm³/mol. The summed E-state index contributed by atoms with van der Waals surface area (Å²) >= 11 is 0. The first-order valence-electron chi connectivity index (χ1n) is 14.9. The van der Waals surface area contributed by atoms with E-state index in [1.807, 2.05) is 32.6 Å². The largest absolute Gasteiger partial charge is 0.444 e. The number of hydrogen-bond donors (Lipinski definition) is 0. The predicted octanol–water partition coefficient (Wildman–Crippen LogP) is 4.41. The Labute approximate surface area is 237 Å². The summed E-state index contributed by atoms with van der Waals surface area (Å²) in [5.74, 6) is -1.37. The van der Waals surface area contributed by atoms with Crippen LogP contribution in [0, 0.1) is 17.3 Å². The van der Waals surface area contributed by atoms with Crippen LogP contribution in [0.1, 0.15) is 90.1 Å². The summed E-state index contributed by atoms with van der Waals surface area (Å²) in [6.45, 7) is 12.3. The van der Waals surface area contributed by atoms with Crippen molar-refractivity contribution in [1.29, 1.82) is 0 Å². The molecule has 0 bridgehead atoms. The minimum Gasteiger partial charge on any atom is -0.444 e. The Morgan fingerprint density at radius 1 is 1.07 bits per heavy atom. The van der Waals surface area contributed by atoms with Crippen LogP contribution in [0.2, 0.25) is 0 Å². The lowest BCUT2D eigenvalue weighted by molar-refractivity contribution is -0.258. The van der Waals surface area contributed by atoms with E-state index in [1.165, 1.54) is 0 Å². The van der Waals surface area contributed by atoms with E-state index in [0.29, 0.717) is 70.9 Å². The van der Waals surface area contributed by atoms with E-state index < -0.39 is 22.7 Å². The first kappa shape index (κ1) is 28.9. The molecule has 0 radical (unpaired) electrons. The Hall–Kier alpha value is -2.59. The molecule has 1 aromatic rings. The van der Waals surface area contributed by atoms with Gasteiger partial charge >= 0.3 is 6.09 Å². The number of anilines is 1. The second-order valence-corrected chi connectivity index (χ2v) is 13.1. The fourth-order valence-corrected chi connectivity index (χ4v) is 7.26. The number of ether oxygens (including phenoxy) is 3. The molecule has 1 amide bonds. The van der Waals surface area contributed by atoms with Crippen LogP contribution < -0.4 is 4.90 Å². The maximum absolute atomic E-state index is 14.2. The van der Waals surface area contributed by atoms with Crippen LogP contribution in [-0.2, 0) is 19.0 Å². The fourth-order valence-electron chi connectivity index (χ4n) is 7.26. The minimum atomic E-state index is -0.909. The van der Waals surface area contributed by atoms with E-state index in [4.69, 9.17) is 19.2 Å². The molecular weight excluding hydrogens is 512 g/mol. The average Bonchev–Trinajstić information content (AvgIpc) is 3.28. The van der Waals surface area contributed by atoms with Gasteiger partial charge in [0.2, 0.25) is 5.95 Å². The summed E-state index contributed by atoms with van der Waals surface area (Å²) in [6.07, 6.45) is 6.43. The molecule has 4 fully saturated rings. The third-order valence-corrected chi connectivity index (χ3v) is 8.93. The third kappa shape index (κ3) is 5.36. The van der Waals surface area contributed by atoms with E-state index in [0.717, 1.165) is 12.8 Å². The van der Waals surface area contributed by atoms with Crippen molar-refractivity contribution in [3.05, 3.63) is 18.0 Å². The molecule has 1 aromatic heterocycles. The summed E-state index contributed by atoms with van der Waals surface area (Å²) < 4.78 is 17.9. The van der Waals surface area contributed by atoms with Gasteiger partial charge in [0.1, 0.15) is 11.3 Å². The molecule has 4 aliphatic rings. The van der Waals surface area contributed by atoms with Gasteiger partial charge < -0.3 is 24.0 Å². The summed E-state index contributed by atoms with van der Waals surface area (Å²) in [5, 5.41) is 0. The maximum Gasteiger partial charge on any atom is 0.410 e. The third-order valence-electron chi connectivity index (χ3n) is 8.93. The first-order valence-corrected chi connectivity index (χ1v) is 14.9. The SMILES string of the molecule is CC1C[C@@H](C(=O)c2ccnc(N3CCCN(C(=O)OC(C)(C)C)C[C@@H]3C)n2)C(=O)C2(CCCCC23OCCO3)C1. The Morgan fingerprint density at radius 3 is 2.52 bits per heavy atom. The number of amides is 1. The van der Waals surface area contributed by atoms with Gasteiger partial charge in [-0.1, -0.05) is 13.3 Å². The van der Waals surface area contributed by atoms with Gasteiger partial charge in [-0.05, 0) is 71.8 Å². The summed E-state index contributed by atoms with van der Waals surface area (Å²) in [4.78, 5) is 53.8. The van der Waals surface area contributed by atoms with Gasteiger partial charge in [0.05, 0.1) is 24.5 Å². The highest BCUT2D eigenvalue weighted by Gasteiger charge is 2.64. The molecule has 4 atom stereocenters. The molecule has 10 heteroatoms. The van der Waals surface area contributed by atoms with Crippen LogP contribution in [0.15, 0.2) is 12.3 Å². The number of fused-ring (bicyclic) bond motifs is 1. The Morgan fingerprint density at radius 2 is 1.80 bits per heavy atom. The monoisotopic (exact) mass is 556 g/mol. The van der Waals surface area contributed by atoms with Gasteiger partial charge in [-0.2, -0.15) is 0 Å². The maximum atomic E-state index is 14.2. The molecule has 0 N–H and O–H groups in total. The van der Waals surface area contributed by atoms with E-state index in [9.17, 15) is 14.4 Å². The molecular formula is C30H44N4O6. The van der Waals surface area contributed by atoms with Crippen molar-refractivity contribution in [3.63, 3.8) is 0 Å². The fraction of sp³-hybridized carbons (Fsp3) is 0.767. The lowest BCUT2D eigenvalue weighted by Gasteiger charge is -2.53. The lowest BCUT2D eigenvalue weighted by atomic mass is 9.55.